The summed E-state index contributed by atoms with van der Waals surface area (Å²) < 4.78 is 5.91. The fourth-order valence-corrected chi connectivity index (χ4v) is 4.68. The molecule has 0 aliphatic carbocycles. The molecule has 37 heavy (non-hydrogen) atoms. The van der Waals surface area contributed by atoms with E-state index in [1.165, 1.54) is 0 Å². The number of carbonyl (C=O) groups is 2. The van der Waals surface area contributed by atoms with Crippen molar-refractivity contribution < 1.29 is 14.3 Å². The Labute approximate surface area is 229 Å². The summed E-state index contributed by atoms with van der Waals surface area (Å²) in [5, 5.41) is 4.28. The lowest BCUT2D eigenvalue weighted by atomic mass is 9.92. The van der Waals surface area contributed by atoms with E-state index in [9.17, 15) is 9.59 Å². The fraction of sp³-hybridized carbons (Fsp3) is 0.103. The van der Waals surface area contributed by atoms with E-state index in [2.05, 4.69) is 5.32 Å². The number of nitrogens with zero attached hydrogens (tertiary/aromatic N) is 1. The highest BCUT2D eigenvalue weighted by Gasteiger charge is 2.35. The third-order valence-electron chi connectivity index (χ3n) is 6.13. The summed E-state index contributed by atoms with van der Waals surface area (Å²) >= 11 is 18.1. The Hall–Kier alpha value is -3.51. The van der Waals surface area contributed by atoms with Crippen molar-refractivity contribution in [3.63, 3.8) is 0 Å². The van der Waals surface area contributed by atoms with Gasteiger partial charge >= 0.3 is 0 Å². The molecule has 0 unspecified atom stereocenters. The van der Waals surface area contributed by atoms with Crippen molar-refractivity contribution in [1.82, 2.24) is 4.90 Å². The second-order valence-electron chi connectivity index (χ2n) is 8.62. The van der Waals surface area contributed by atoms with Gasteiger partial charge in [0.05, 0.1) is 10.0 Å². The van der Waals surface area contributed by atoms with Crippen LogP contribution in [-0.2, 0) is 17.8 Å². The van der Waals surface area contributed by atoms with Crippen LogP contribution >= 0.6 is 34.8 Å². The SMILES string of the molecule is O=C(Nc1ccc(Cl)cc1)[C@H]1Cc2ccccc2CN1C(=O)c1cccc(Oc2ccc(Cl)c(Cl)c2)c1. The topological polar surface area (TPSA) is 58.6 Å². The summed E-state index contributed by atoms with van der Waals surface area (Å²) in [6.07, 6.45) is 0.404. The van der Waals surface area contributed by atoms with E-state index in [0.717, 1.165) is 11.1 Å². The van der Waals surface area contributed by atoms with Crippen LogP contribution < -0.4 is 10.1 Å². The van der Waals surface area contributed by atoms with Gasteiger partial charge in [0.25, 0.3) is 5.91 Å². The van der Waals surface area contributed by atoms with Crippen molar-refractivity contribution in [1.29, 1.82) is 0 Å². The van der Waals surface area contributed by atoms with Crippen LogP contribution in [0.4, 0.5) is 5.69 Å². The van der Waals surface area contributed by atoms with E-state index in [4.69, 9.17) is 39.5 Å². The van der Waals surface area contributed by atoms with Crippen LogP contribution in [0.2, 0.25) is 15.1 Å². The van der Waals surface area contributed by atoms with Gasteiger partial charge < -0.3 is 15.0 Å². The maximum atomic E-state index is 13.8. The first-order valence-corrected chi connectivity index (χ1v) is 12.7. The lowest BCUT2D eigenvalue weighted by molar-refractivity contribution is -0.121. The molecule has 0 spiro atoms. The molecule has 8 heteroatoms. The molecule has 0 radical (unpaired) electrons. The molecular weight excluding hydrogens is 531 g/mol. The van der Waals surface area contributed by atoms with Crippen LogP contribution in [0.1, 0.15) is 21.5 Å². The second-order valence-corrected chi connectivity index (χ2v) is 9.87. The van der Waals surface area contributed by atoms with Crippen LogP contribution in [-0.4, -0.2) is 22.8 Å². The lowest BCUT2D eigenvalue weighted by Crippen LogP contribution is -2.50. The van der Waals surface area contributed by atoms with Gasteiger partial charge in [0.1, 0.15) is 17.5 Å². The lowest BCUT2D eigenvalue weighted by Gasteiger charge is -2.36. The van der Waals surface area contributed by atoms with Gasteiger partial charge in [-0.2, -0.15) is 0 Å². The maximum Gasteiger partial charge on any atom is 0.254 e. The number of benzene rings is 4. The number of ether oxygens (including phenoxy) is 1. The van der Waals surface area contributed by atoms with Gasteiger partial charge in [-0.15, -0.1) is 0 Å². The predicted molar refractivity (Wildman–Crippen MR) is 147 cm³/mol. The summed E-state index contributed by atoms with van der Waals surface area (Å²) in [4.78, 5) is 28.8. The molecule has 1 aliphatic rings. The molecule has 5 rings (SSSR count). The number of nitrogens with one attached hydrogen (secondary N) is 1. The van der Waals surface area contributed by atoms with Crippen LogP contribution in [0, 0.1) is 0 Å². The van der Waals surface area contributed by atoms with Crippen molar-refractivity contribution in [3.8, 4) is 11.5 Å². The van der Waals surface area contributed by atoms with Crippen LogP contribution in [0.3, 0.4) is 0 Å². The predicted octanol–water partition coefficient (Wildman–Crippen LogP) is 7.64. The van der Waals surface area contributed by atoms with Gasteiger partial charge in [-0.05, 0) is 65.7 Å². The third kappa shape index (κ3) is 5.75. The van der Waals surface area contributed by atoms with E-state index in [1.54, 1.807) is 71.6 Å². The average molecular weight is 552 g/mol. The highest BCUT2D eigenvalue weighted by Crippen LogP contribution is 2.31. The van der Waals surface area contributed by atoms with Gasteiger partial charge in [0.2, 0.25) is 5.91 Å². The van der Waals surface area contributed by atoms with Gasteiger partial charge in [-0.3, -0.25) is 9.59 Å². The first-order valence-electron chi connectivity index (χ1n) is 11.5. The van der Waals surface area contributed by atoms with E-state index in [0.29, 0.717) is 50.8 Å². The number of carbonyl (C=O) groups excluding carboxylic acids is 2. The van der Waals surface area contributed by atoms with Gasteiger partial charge in [-0.1, -0.05) is 65.1 Å². The van der Waals surface area contributed by atoms with E-state index >= 15 is 0 Å². The molecule has 1 atom stereocenters. The molecule has 4 aromatic carbocycles. The van der Waals surface area contributed by atoms with Gasteiger partial charge in [0, 0.05) is 35.3 Å². The molecule has 1 heterocycles. The highest BCUT2D eigenvalue weighted by molar-refractivity contribution is 6.42. The smallest absolute Gasteiger partial charge is 0.254 e. The summed E-state index contributed by atoms with van der Waals surface area (Å²) in [6.45, 7) is 0.311. The number of rotatable bonds is 5. The Morgan fingerprint density at radius 1 is 0.784 bits per heavy atom. The Bertz CT molecular complexity index is 1470. The Balaban J connectivity index is 1.41. The van der Waals surface area contributed by atoms with Crippen molar-refractivity contribution in [2.75, 3.05) is 5.32 Å². The minimum Gasteiger partial charge on any atom is -0.457 e. The molecule has 0 saturated carbocycles. The Morgan fingerprint density at radius 3 is 2.27 bits per heavy atom. The number of fused-ring (bicyclic) bond motifs is 1. The molecule has 1 aliphatic heterocycles. The van der Waals surface area contributed by atoms with Crippen LogP contribution in [0.5, 0.6) is 11.5 Å². The molecule has 0 bridgehead atoms. The fourth-order valence-electron chi connectivity index (χ4n) is 4.26. The molecule has 5 nitrogen and oxygen atoms in total. The summed E-state index contributed by atoms with van der Waals surface area (Å²) in [7, 11) is 0. The van der Waals surface area contributed by atoms with Crippen molar-refractivity contribution in [2.24, 2.45) is 0 Å². The minimum atomic E-state index is -0.697. The summed E-state index contributed by atoms with van der Waals surface area (Å²) in [6, 6.07) is 25.8. The average Bonchev–Trinajstić information content (AvgIpc) is 2.91. The standard InChI is InChI=1S/C29H21Cl3N2O3/c30-21-8-10-22(11-9-21)33-28(35)27-15-18-4-1-2-5-20(18)17-34(27)29(36)19-6-3-7-23(14-19)37-24-12-13-25(31)26(32)16-24/h1-14,16,27H,15,17H2,(H,33,35)/t27-/m1/s1. The van der Waals surface area contributed by atoms with Crippen LogP contribution in [0.15, 0.2) is 91.0 Å². The number of anilines is 1. The highest BCUT2D eigenvalue weighted by atomic mass is 35.5. The van der Waals surface area contributed by atoms with Crippen LogP contribution in [0.25, 0.3) is 0 Å². The second kappa shape index (κ2) is 10.9. The molecular formula is C29H21Cl3N2O3. The van der Waals surface area contributed by atoms with Crippen molar-refractivity contribution in [3.05, 3.63) is 123 Å². The summed E-state index contributed by atoms with van der Waals surface area (Å²) in [5.74, 6) is 0.411. The van der Waals surface area contributed by atoms with Gasteiger partial charge in [0.15, 0.2) is 0 Å². The van der Waals surface area contributed by atoms with E-state index in [1.807, 2.05) is 24.3 Å². The first-order chi connectivity index (χ1) is 17.9. The number of halogens is 3. The van der Waals surface area contributed by atoms with Gasteiger partial charge in [-0.25, -0.2) is 0 Å². The number of amides is 2. The first kappa shape index (κ1) is 25.2. The maximum absolute atomic E-state index is 13.8. The zero-order chi connectivity index (χ0) is 25.9. The third-order valence-corrected chi connectivity index (χ3v) is 7.12. The Morgan fingerprint density at radius 2 is 1.51 bits per heavy atom. The quantitative estimate of drug-likeness (QED) is 0.277. The van der Waals surface area contributed by atoms with E-state index < -0.39 is 6.04 Å². The molecule has 4 aromatic rings. The van der Waals surface area contributed by atoms with Crippen molar-refractivity contribution in [2.45, 2.75) is 19.0 Å². The summed E-state index contributed by atoms with van der Waals surface area (Å²) in [5.41, 5.74) is 3.06. The molecule has 2 amide bonds. The normalized spacial score (nSPS) is 14.6. The number of hydrogen-bond donors (Lipinski definition) is 1. The van der Waals surface area contributed by atoms with E-state index in [-0.39, 0.29) is 11.8 Å². The van der Waals surface area contributed by atoms with Crippen molar-refractivity contribution >= 4 is 52.3 Å². The zero-order valence-corrected chi connectivity index (χ0v) is 21.7. The molecule has 1 N–H and O–H groups in total. The Kier molecular flexibility index (Phi) is 7.38. The molecule has 186 valence electrons. The zero-order valence-electron chi connectivity index (χ0n) is 19.5. The minimum absolute atomic E-state index is 0.270. The molecule has 0 saturated heterocycles. The number of hydrogen-bond acceptors (Lipinski definition) is 3. The molecule has 0 fully saturated rings. The monoisotopic (exact) mass is 550 g/mol. The largest absolute Gasteiger partial charge is 0.457 e. The molecule has 0 aromatic heterocycles.